The molecule has 0 rings (SSSR count). The van der Waals surface area contributed by atoms with Crippen LogP contribution in [0.4, 0.5) is 0 Å². The van der Waals surface area contributed by atoms with Crippen LogP contribution in [0.1, 0.15) is 6.92 Å². The second-order valence-corrected chi connectivity index (χ2v) is 1.18. The maximum atomic E-state index is 10.1. The van der Waals surface area contributed by atoms with E-state index in [9.17, 15) is 4.79 Å². The van der Waals surface area contributed by atoms with Crippen LogP contribution in [0, 0.1) is 0 Å². The molecule has 0 radical (unpaired) electrons. The molecule has 0 spiro atoms. The molecular formula is C5H8O3. The minimum absolute atomic E-state index is 0.0675. The van der Waals surface area contributed by atoms with Crippen LogP contribution >= 0.6 is 0 Å². The summed E-state index contributed by atoms with van der Waals surface area (Å²) in [6.07, 6.45) is 2.45. The van der Waals surface area contributed by atoms with Crippen LogP contribution in [-0.2, 0) is 14.6 Å². The van der Waals surface area contributed by atoms with E-state index >= 15 is 0 Å². The Labute approximate surface area is 47.8 Å². The van der Waals surface area contributed by atoms with E-state index in [1.165, 1.54) is 26.4 Å². The highest BCUT2D eigenvalue weighted by molar-refractivity contribution is 5.86. The molecule has 0 fully saturated rings. The van der Waals surface area contributed by atoms with Crippen LogP contribution < -0.4 is 0 Å². The number of carbonyl (C=O) groups is 1. The summed E-state index contributed by atoms with van der Waals surface area (Å²) in [5.41, 5.74) is 0. The van der Waals surface area contributed by atoms with Crippen LogP contribution in [0.5, 0.6) is 0 Å². The normalized spacial score (nSPS) is 9.75. The van der Waals surface area contributed by atoms with Crippen molar-refractivity contribution < 1.29 is 14.6 Å². The highest BCUT2D eigenvalue weighted by Gasteiger charge is 1.78. The van der Waals surface area contributed by atoms with Gasteiger partial charge in [-0.15, -0.1) is 0 Å². The van der Waals surface area contributed by atoms with Gasteiger partial charge in [-0.1, -0.05) is 0 Å². The second kappa shape index (κ2) is 4.33. The molecule has 0 amide bonds. The first kappa shape index (κ1) is 7.17. The Balaban J connectivity index is 3.20. The first-order chi connectivity index (χ1) is 3.77. The third kappa shape index (κ3) is 5.17. The van der Waals surface area contributed by atoms with Crippen LogP contribution in [-0.4, -0.2) is 12.9 Å². The average Bonchev–Trinajstić information content (AvgIpc) is 1.66. The van der Waals surface area contributed by atoms with Gasteiger partial charge < -0.3 is 4.89 Å². The maximum absolute atomic E-state index is 10.1. The van der Waals surface area contributed by atoms with E-state index in [2.05, 4.69) is 9.78 Å². The van der Waals surface area contributed by atoms with Gasteiger partial charge in [-0.25, -0.2) is 0 Å². The molecule has 0 saturated carbocycles. The molecular weight excluding hydrogens is 108 g/mol. The first-order valence-corrected chi connectivity index (χ1v) is 2.14. The summed E-state index contributed by atoms with van der Waals surface area (Å²) in [4.78, 5) is 18.5. The third-order valence-corrected chi connectivity index (χ3v) is 0.455. The van der Waals surface area contributed by atoms with Gasteiger partial charge in [0, 0.05) is 6.08 Å². The first-order valence-electron chi connectivity index (χ1n) is 2.14. The van der Waals surface area contributed by atoms with Crippen molar-refractivity contribution in [3.05, 3.63) is 12.3 Å². The molecule has 3 heteroatoms. The Morgan fingerprint density at radius 3 is 2.62 bits per heavy atom. The van der Waals surface area contributed by atoms with E-state index in [4.69, 9.17) is 0 Å². The molecule has 0 aromatic rings. The van der Waals surface area contributed by atoms with Gasteiger partial charge in [-0.05, 0) is 6.92 Å². The lowest BCUT2D eigenvalue weighted by atomic mass is 10.4. The summed E-state index contributed by atoms with van der Waals surface area (Å²) in [6.45, 7) is 1.43. The van der Waals surface area contributed by atoms with Gasteiger partial charge in [0.25, 0.3) is 0 Å². The summed E-state index contributed by atoms with van der Waals surface area (Å²) in [7, 11) is 1.37. The van der Waals surface area contributed by atoms with Gasteiger partial charge in [0.05, 0.1) is 7.11 Å². The largest absolute Gasteiger partial charge is 0.346 e. The molecule has 46 valence electrons. The van der Waals surface area contributed by atoms with Crippen molar-refractivity contribution in [2.24, 2.45) is 0 Å². The lowest BCUT2D eigenvalue weighted by Gasteiger charge is -1.87. The predicted molar refractivity (Wildman–Crippen MR) is 27.9 cm³/mol. The molecule has 0 bridgehead atoms. The van der Waals surface area contributed by atoms with Crippen LogP contribution in [0.25, 0.3) is 0 Å². The molecule has 0 aliphatic carbocycles. The fraction of sp³-hybridized carbons (Fsp3) is 0.400. The minimum Gasteiger partial charge on any atom is -0.346 e. The number of carbonyl (C=O) groups excluding carboxylic acids is 1. The SMILES string of the molecule is COOC=CC(C)=O. The van der Waals surface area contributed by atoms with Crippen molar-refractivity contribution in [3.8, 4) is 0 Å². The van der Waals surface area contributed by atoms with Gasteiger partial charge in [0.2, 0.25) is 0 Å². The average molecular weight is 116 g/mol. The zero-order valence-corrected chi connectivity index (χ0v) is 4.88. The van der Waals surface area contributed by atoms with Gasteiger partial charge in [0.1, 0.15) is 6.26 Å². The van der Waals surface area contributed by atoms with Crippen LogP contribution in [0.3, 0.4) is 0 Å². The van der Waals surface area contributed by atoms with Gasteiger partial charge in [0.15, 0.2) is 5.78 Å². The van der Waals surface area contributed by atoms with Crippen molar-refractivity contribution in [1.82, 2.24) is 0 Å². The summed E-state index contributed by atoms with van der Waals surface area (Å²) in [5.74, 6) is -0.0675. The lowest BCUT2D eigenvalue weighted by molar-refractivity contribution is -0.222. The summed E-state index contributed by atoms with van der Waals surface area (Å²) in [5, 5.41) is 0. The summed E-state index contributed by atoms with van der Waals surface area (Å²) >= 11 is 0. The highest BCUT2D eigenvalue weighted by Crippen LogP contribution is 1.76. The van der Waals surface area contributed by atoms with Gasteiger partial charge in [-0.2, -0.15) is 4.89 Å². The molecule has 0 N–H and O–H groups in total. The maximum Gasteiger partial charge on any atom is 0.155 e. The molecule has 8 heavy (non-hydrogen) atoms. The zero-order valence-electron chi connectivity index (χ0n) is 4.88. The van der Waals surface area contributed by atoms with E-state index in [0.717, 1.165) is 0 Å². The fourth-order valence-electron chi connectivity index (χ4n) is 0.179. The smallest absolute Gasteiger partial charge is 0.155 e. The molecule has 0 aliphatic rings. The van der Waals surface area contributed by atoms with Gasteiger partial charge >= 0.3 is 0 Å². The highest BCUT2D eigenvalue weighted by atomic mass is 17.2. The van der Waals surface area contributed by atoms with Crippen LogP contribution in [0.2, 0.25) is 0 Å². The number of hydrogen-bond donors (Lipinski definition) is 0. The zero-order chi connectivity index (χ0) is 6.41. The molecule has 0 aromatic heterocycles. The van der Waals surface area contributed by atoms with E-state index < -0.39 is 0 Å². The predicted octanol–water partition coefficient (Wildman–Crippen LogP) is 0.667. The number of hydrogen-bond acceptors (Lipinski definition) is 3. The van der Waals surface area contributed by atoms with Crippen molar-refractivity contribution >= 4 is 5.78 Å². The Kier molecular flexibility index (Phi) is 3.88. The molecule has 0 unspecified atom stereocenters. The Morgan fingerprint density at radius 2 is 2.25 bits per heavy atom. The topological polar surface area (TPSA) is 35.5 Å². The standard InChI is InChI=1S/C5H8O3/c1-5(6)3-4-8-7-2/h3-4H,1-2H3. The Hall–Kier alpha value is -0.830. The second-order valence-electron chi connectivity index (χ2n) is 1.18. The van der Waals surface area contributed by atoms with Crippen LogP contribution in [0.15, 0.2) is 12.3 Å². The van der Waals surface area contributed by atoms with Crippen molar-refractivity contribution in [3.63, 3.8) is 0 Å². The number of ketones is 1. The monoisotopic (exact) mass is 116 g/mol. The van der Waals surface area contributed by atoms with Crippen molar-refractivity contribution in [1.29, 1.82) is 0 Å². The Morgan fingerprint density at radius 1 is 1.62 bits per heavy atom. The minimum atomic E-state index is -0.0675. The molecule has 0 aliphatic heterocycles. The molecule has 0 atom stereocenters. The quantitative estimate of drug-likeness (QED) is 0.235. The Bertz CT molecular complexity index is 95.8. The summed E-state index contributed by atoms with van der Waals surface area (Å²) in [6, 6.07) is 0. The number of rotatable bonds is 3. The molecule has 0 saturated heterocycles. The molecule has 0 heterocycles. The summed E-state index contributed by atoms with van der Waals surface area (Å²) < 4.78 is 0. The van der Waals surface area contributed by atoms with E-state index in [0.29, 0.717) is 0 Å². The third-order valence-electron chi connectivity index (χ3n) is 0.455. The van der Waals surface area contributed by atoms with Crippen molar-refractivity contribution in [2.75, 3.05) is 7.11 Å². The van der Waals surface area contributed by atoms with E-state index in [1.54, 1.807) is 0 Å². The van der Waals surface area contributed by atoms with E-state index in [1.807, 2.05) is 0 Å². The van der Waals surface area contributed by atoms with Crippen molar-refractivity contribution in [2.45, 2.75) is 6.92 Å². The lowest BCUT2D eigenvalue weighted by Crippen LogP contribution is -1.82. The fourth-order valence-corrected chi connectivity index (χ4v) is 0.179. The van der Waals surface area contributed by atoms with E-state index in [-0.39, 0.29) is 5.78 Å². The number of allylic oxidation sites excluding steroid dienone is 1. The molecule has 3 nitrogen and oxygen atoms in total. The molecule has 0 aromatic carbocycles. The van der Waals surface area contributed by atoms with Gasteiger partial charge in [-0.3, -0.25) is 4.79 Å².